The average Bonchev–Trinajstić information content (AvgIpc) is 3.41. The van der Waals surface area contributed by atoms with Gasteiger partial charge in [0.05, 0.1) is 25.8 Å². The summed E-state index contributed by atoms with van der Waals surface area (Å²) in [4.78, 5) is 28.2. The molecule has 0 radical (unpaired) electrons. The molecule has 32 heavy (non-hydrogen) atoms. The van der Waals surface area contributed by atoms with Crippen LogP contribution in [-0.4, -0.2) is 42.0 Å². The minimum atomic E-state index is -0.757. The molecule has 2 fully saturated rings. The molecule has 1 N–H and O–H groups in total. The number of carbonyl (C=O) groups excluding carboxylic acids is 2. The van der Waals surface area contributed by atoms with Gasteiger partial charge in [0.2, 0.25) is 0 Å². The van der Waals surface area contributed by atoms with E-state index in [1.165, 1.54) is 7.11 Å². The number of hydrogen-bond donors (Lipinski definition) is 1. The van der Waals surface area contributed by atoms with Gasteiger partial charge in [-0.1, -0.05) is 47.0 Å². The summed E-state index contributed by atoms with van der Waals surface area (Å²) in [5, 5.41) is 11.3. The summed E-state index contributed by atoms with van der Waals surface area (Å²) in [6, 6.07) is 9.91. The van der Waals surface area contributed by atoms with Gasteiger partial charge < -0.3 is 19.5 Å². The van der Waals surface area contributed by atoms with E-state index in [1.54, 1.807) is 36.3 Å². The first-order valence-corrected chi connectivity index (χ1v) is 11.5. The van der Waals surface area contributed by atoms with E-state index in [2.05, 4.69) is 15.9 Å². The maximum Gasteiger partial charge on any atom is 0.295 e. The molecular weight excluding hydrogens is 474 g/mol. The summed E-state index contributed by atoms with van der Waals surface area (Å²) in [7, 11) is 3.07. The summed E-state index contributed by atoms with van der Waals surface area (Å²) in [6.45, 7) is 1.90. The first-order chi connectivity index (χ1) is 15.4. The normalized spacial score (nSPS) is 20.8. The first kappa shape index (κ1) is 22.4. The van der Waals surface area contributed by atoms with E-state index in [0.717, 1.165) is 35.7 Å². The molecule has 2 aromatic rings. The Balaban J connectivity index is 1.96. The maximum atomic E-state index is 13.3. The second kappa shape index (κ2) is 8.98. The van der Waals surface area contributed by atoms with Crippen LogP contribution in [0, 0.1) is 6.92 Å². The first-order valence-electron chi connectivity index (χ1n) is 10.7. The van der Waals surface area contributed by atoms with Gasteiger partial charge in [-0.05, 0) is 43.5 Å². The van der Waals surface area contributed by atoms with Crippen molar-refractivity contribution in [2.45, 2.75) is 44.7 Å². The van der Waals surface area contributed by atoms with Crippen molar-refractivity contribution in [1.82, 2.24) is 4.90 Å². The lowest BCUT2D eigenvalue weighted by molar-refractivity contribution is -0.141. The Morgan fingerprint density at radius 3 is 2.44 bits per heavy atom. The van der Waals surface area contributed by atoms with E-state index in [9.17, 15) is 14.7 Å². The van der Waals surface area contributed by atoms with Gasteiger partial charge in [0.15, 0.2) is 11.5 Å². The Hall–Kier alpha value is -2.80. The number of aliphatic hydroxyl groups is 1. The summed E-state index contributed by atoms with van der Waals surface area (Å²) in [5.41, 5.74) is 2.10. The van der Waals surface area contributed by atoms with Crippen LogP contribution in [0.2, 0.25) is 0 Å². The molecule has 1 heterocycles. The predicted octanol–water partition coefficient (Wildman–Crippen LogP) is 5.14. The fraction of sp³-hybridized carbons (Fsp3) is 0.360. The van der Waals surface area contributed by atoms with Crippen LogP contribution in [0.1, 0.15) is 48.4 Å². The number of carbonyl (C=O) groups is 2. The average molecular weight is 500 g/mol. The van der Waals surface area contributed by atoms with Crippen molar-refractivity contribution in [2.75, 3.05) is 14.2 Å². The molecule has 2 aliphatic rings. The van der Waals surface area contributed by atoms with Crippen molar-refractivity contribution in [2.24, 2.45) is 0 Å². The van der Waals surface area contributed by atoms with Gasteiger partial charge in [-0.3, -0.25) is 9.59 Å². The second-order valence-electron chi connectivity index (χ2n) is 8.19. The molecule has 1 aliphatic heterocycles. The Morgan fingerprint density at radius 2 is 1.81 bits per heavy atom. The quantitative estimate of drug-likeness (QED) is 0.350. The van der Waals surface area contributed by atoms with Crippen LogP contribution < -0.4 is 9.47 Å². The standard InChI is InChI=1S/C25H26BrNO5/c1-14-13-15(11-12-18(14)26)22(28)20-21(17-9-6-10-19(31-2)24(17)32-3)27(25(30)23(20)29)16-7-4-5-8-16/h6,9-13,16,21,28H,4-5,7-8H2,1-3H3/b22-20-. The number of methoxy groups -OCH3 is 2. The van der Waals surface area contributed by atoms with Crippen LogP contribution in [0.25, 0.3) is 5.76 Å². The number of ether oxygens (including phenoxy) is 2. The van der Waals surface area contributed by atoms with Crippen LogP contribution >= 0.6 is 15.9 Å². The zero-order valence-electron chi connectivity index (χ0n) is 18.4. The van der Waals surface area contributed by atoms with Gasteiger partial charge in [-0.25, -0.2) is 0 Å². The minimum absolute atomic E-state index is 0.0655. The molecule has 1 saturated heterocycles. The van der Waals surface area contributed by atoms with Gasteiger partial charge in [-0.2, -0.15) is 0 Å². The lowest BCUT2D eigenvalue weighted by atomic mass is 9.93. The third-order valence-electron chi connectivity index (χ3n) is 6.36. The fourth-order valence-corrected chi connectivity index (χ4v) is 5.04. The van der Waals surface area contributed by atoms with E-state index in [1.807, 2.05) is 19.1 Å². The Morgan fingerprint density at radius 1 is 1.09 bits per heavy atom. The lowest BCUT2D eigenvalue weighted by Crippen LogP contribution is -2.37. The Labute approximate surface area is 196 Å². The number of aryl methyl sites for hydroxylation is 1. The van der Waals surface area contributed by atoms with Gasteiger partial charge in [0.25, 0.3) is 11.7 Å². The topological polar surface area (TPSA) is 76.1 Å². The number of aliphatic hydroxyl groups excluding tert-OH is 1. The van der Waals surface area contributed by atoms with Crippen molar-refractivity contribution in [3.05, 3.63) is 63.1 Å². The van der Waals surface area contributed by atoms with E-state index in [4.69, 9.17) is 9.47 Å². The highest BCUT2D eigenvalue weighted by molar-refractivity contribution is 9.10. The summed E-state index contributed by atoms with van der Waals surface area (Å²) >= 11 is 3.46. The third-order valence-corrected chi connectivity index (χ3v) is 7.25. The molecule has 1 amide bonds. The summed E-state index contributed by atoms with van der Waals surface area (Å²) in [5.74, 6) is -0.495. The number of halogens is 1. The smallest absolute Gasteiger partial charge is 0.295 e. The second-order valence-corrected chi connectivity index (χ2v) is 9.05. The number of amides is 1. The van der Waals surface area contributed by atoms with Crippen LogP contribution in [0.15, 0.2) is 46.4 Å². The van der Waals surface area contributed by atoms with E-state index in [-0.39, 0.29) is 17.4 Å². The van der Waals surface area contributed by atoms with Gasteiger partial charge in [0, 0.05) is 21.6 Å². The molecule has 2 aromatic carbocycles. The van der Waals surface area contributed by atoms with Crippen molar-refractivity contribution in [1.29, 1.82) is 0 Å². The molecule has 0 aromatic heterocycles. The number of likely N-dealkylation sites (tertiary alicyclic amines) is 1. The van der Waals surface area contributed by atoms with E-state index >= 15 is 0 Å². The van der Waals surface area contributed by atoms with Crippen LogP contribution in [-0.2, 0) is 9.59 Å². The molecule has 0 spiro atoms. The monoisotopic (exact) mass is 499 g/mol. The van der Waals surface area contributed by atoms with Crippen LogP contribution in [0.4, 0.5) is 0 Å². The molecule has 1 saturated carbocycles. The number of rotatable bonds is 5. The number of para-hydroxylation sites is 1. The molecule has 7 heteroatoms. The zero-order valence-corrected chi connectivity index (χ0v) is 19.9. The van der Waals surface area contributed by atoms with Crippen LogP contribution in [0.3, 0.4) is 0 Å². The van der Waals surface area contributed by atoms with Crippen molar-refractivity contribution in [3.63, 3.8) is 0 Å². The number of Topliss-reactive ketones (excluding diaryl/α,β-unsaturated/α-hetero) is 1. The lowest BCUT2D eigenvalue weighted by Gasteiger charge is -2.31. The molecule has 168 valence electrons. The van der Waals surface area contributed by atoms with Crippen molar-refractivity contribution < 1.29 is 24.2 Å². The van der Waals surface area contributed by atoms with Crippen LogP contribution in [0.5, 0.6) is 11.5 Å². The Bertz CT molecular complexity index is 1100. The summed E-state index contributed by atoms with van der Waals surface area (Å²) in [6.07, 6.45) is 3.66. The molecule has 1 aliphatic carbocycles. The highest BCUT2D eigenvalue weighted by Crippen LogP contribution is 2.48. The van der Waals surface area contributed by atoms with Gasteiger partial charge in [0.1, 0.15) is 5.76 Å². The SMILES string of the molecule is COc1cccc(C2/C(=C(/O)c3ccc(Br)c(C)c3)C(=O)C(=O)N2C2CCCC2)c1OC. The highest BCUT2D eigenvalue weighted by Gasteiger charge is 2.50. The molecular formula is C25H26BrNO5. The highest BCUT2D eigenvalue weighted by atomic mass is 79.9. The number of hydrogen-bond acceptors (Lipinski definition) is 5. The van der Waals surface area contributed by atoms with Gasteiger partial charge in [-0.15, -0.1) is 0 Å². The maximum absolute atomic E-state index is 13.3. The van der Waals surface area contributed by atoms with Crippen molar-refractivity contribution >= 4 is 33.4 Å². The molecule has 1 unspecified atom stereocenters. The minimum Gasteiger partial charge on any atom is -0.507 e. The molecule has 6 nitrogen and oxygen atoms in total. The largest absolute Gasteiger partial charge is 0.507 e. The predicted molar refractivity (Wildman–Crippen MR) is 125 cm³/mol. The van der Waals surface area contributed by atoms with Crippen molar-refractivity contribution in [3.8, 4) is 11.5 Å². The number of benzene rings is 2. The van der Waals surface area contributed by atoms with E-state index in [0.29, 0.717) is 22.6 Å². The zero-order chi connectivity index (χ0) is 23.0. The molecule has 1 atom stereocenters. The Kier molecular flexibility index (Phi) is 6.29. The van der Waals surface area contributed by atoms with E-state index < -0.39 is 17.7 Å². The summed E-state index contributed by atoms with van der Waals surface area (Å²) < 4.78 is 12.0. The third kappa shape index (κ3) is 3.68. The molecule has 4 rings (SSSR count). The van der Waals surface area contributed by atoms with Gasteiger partial charge >= 0.3 is 0 Å². The fourth-order valence-electron chi connectivity index (χ4n) is 4.79. The molecule has 0 bridgehead atoms. The number of nitrogens with zero attached hydrogens (tertiary/aromatic N) is 1. The number of ketones is 1.